The van der Waals surface area contributed by atoms with Crippen LogP contribution in [0.5, 0.6) is 0 Å². The Morgan fingerprint density at radius 2 is 1.52 bits per heavy atom. The summed E-state index contributed by atoms with van der Waals surface area (Å²) >= 11 is 0. The number of aromatic nitrogens is 2. The molecule has 0 spiro atoms. The van der Waals surface area contributed by atoms with E-state index in [-0.39, 0.29) is 5.56 Å². The molecule has 5 nitrogen and oxygen atoms in total. The number of anilines is 2. The molecule has 0 saturated carbocycles. The lowest BCUT2D eigenvalue weighted by Crippen LogP contribution is -2.16. The summed E-state index contributed by atoms with van der Waals surface area (Å²) in [5, 5.41) is 0. The van der Waals surface area contributed by atoms with Crippen molar-refractivity contribution in [1.82, 2.24) is 9.97 Å². The number of H-pyrrole nitrogens is 1. The number of hydrazine groups is 1. The molecule has 0 amide bonds. The highest BCUT2D eigenvalue weighted by molar-refractivity contribution is 5.60. The molecule has 1 aromatic heterocycles. The van der Waals surface area contributed by atoms with Crippen LogP contribution in [0.25, 0.3) is 11.3 Å². The minimum atomic E-state index is -0.207. The van der Waals surface area contributed by atoms with Gasteiger partial charge < -0.3 is 0 Å². The summed E-state index contributed by atoms with van der Waals surface area (Å²) in [5.41, 5.74) is 8.07. The Morgan fingerprint density at radius 3 is 2.24 bits per heavy atom. The molecule has 5 heteroatoms. The minimum Gasteiger partial charge on any atom is -0.298 e. The first-order chi connectivity index (χ1) is 10.3. The largest absolute Gasteiger partial charge is 0.298 e. The van der Waals surface area contributed by atoms with Crippen molar-refractivity contribution in [2.75, 3.05) is 10.9 Å². The number of para-hydroxylation sites is 1. The van der Waals surface area contributed by atoms with Crippen LogP contribution in [0.1, 0.15) is 0 Å². The second kappa shape index (κ2) is 5.92. The van der Waals surface area contributed by atoms with Gasteiger partial charge in [-0.2, -0.15) is 0 Å². The molecule has 0 unspecified atom stereocenters. The van der Waals surface area contributed by atoms with Gasteiger partial charge in [0.15, 0.2) is 0 Å². The molecule has 1 heterocycles. The van der Waals surface area contributed by atoms with Crippen molar-refractivity contribution in [2.24, 2.45) is 0 Å². The summed E-state index contributed by atoms with van der Waals surface area (Å²) < 4.78 is 0. The lowest BCUT2D eigenvalue weighted by atomic mass is 10.1. The molecule has 0 aliphatic heterocycles. The van der Waals surface area contributed by atoms with Gasteiger partial charge in [0.05, 0.1) is 11.4 Å². The highest BCUT2D eigenvalue weighted by Crippen LogP contribution is 2.15. The maximum absolute atomic E-state index is 11.7. The maximum Gasteiger partial charge on any atom is 0.252 e. The van der Waals surface area contributed by atoms with Gasteiger partial charge in [-0.1, -0.05) is 48.5 Å². The number of hydrogen-bond donors (Lipinski definition) is 3. The van der Waals surface area contributed by atoms with E-state index in [1.165, 1.54) is 6.07 Å². The summed E-state index contributed by atoms with van der Waals surface area (Å²) in [4.78, 5) is 18.8. The second-order valence-corrected chi connectivity index (χ2v) is 4.46. The molecule has 0 aliphatic carbocycles. The van der Waals surface area contributed by atoms with E-state index >= 15 is 0 Å². The van der Waals surface area contributed by atoms with Gasteiger partial charge in [0, 0.05) is 11.6 Å². The molecule has 0 atom stereocenters. The zero-order valence-corrected chi connectivity index (χ0v) is 11.2. The predicted octanol–water partition coefficient (Wildman–Crippen LogP) is 2.88. The third kappa shape index (κ3) is 3.27. The summed E-state index contributed by atoms with van der Waals surface area (Å²) in [6, 6.07) is 20.6. The number of aromatic amines is 1. The Balaban J connectivity index is 1.83. The highest BCUT2D eigenvalue weighted by atomic mass is 16.1. The third-order valence-electron chi connectivity index (χ3n) is 2.91. The standard InChI is InChI=1S/C16H14N4O/c21-15-11-14(12-7-3-1-4-8-12)17-16(18-15)20-19-13-9-5-2-6-10-13/h1-11,19H,(H2,17,18,20,21). The zero-order valence-electron chi connectivity index (χ0n) is 11.2. The Hall–Kier alpha value is -3.08. The van der Waals surface area contributed by atoms with Crippen LogP contribution >= 0.6 is 0 Å². The van der Waals surface area contributed by atoms with Gasteiger partial charge in [0.2, 0.25) is 5.95 Å². The van der Waals surface area contributed by atoms with Gasteiger partial charge in [-0.15, -0.1) is 0 Å². The molecule has 104 valence electrons. The maximum atomic E-state index is 11.7. The van der Waals surface area contributed by atoms with Gasteiger partial charge >= 0.3 is 0 Å². The molecule has 3 aromatic rings. The van der Waals surface area contributed by atoms with Crippen molar-refractivity contribution in [2.45, 2.75) is 0 Å². The van der Waals surface area contributed by atoms with Crippen molar-refractivity contribution in [3.63, 3.8) is 0 Å². The second-order valence-electron chi connectivity index (χ2n) is 4.46. The van der Waals surface area contributed by atoms with E-state index in [9.17, 15) is 4.79 Å². The Morgan fingerprint density at radius 1 is 0.857 bits per heavy atom. The van der Waals surface area contributed by atoms with Crippen LogP contribution in [0.3, 0.4) is 0 Å². The van der Waals surface area contributed by atoms with Gasteiger partial charge in [-0.3, -0.25) is 20.6 Å². The van der Waals surface area contributed by atoms with Gasteiger partial charge in [0.1, 0.15) is 0 Å². The van der Waals surface area contributed by atoms with E-state index in [0.717, 1.165) is 11.3 Å². The van der Waals surface area contributed by atoms with Crippen LogP contribution in [0.4, 0.5) is 11.6 Å². The number of nitrogens with zero attached hydrogens (tertiary/aromatic N) is 1. The number of hydrogen-bond acceptors (Lipinski definition) is 4. The Labute approximate surface area is 121 Å². The number of benzene rings is 2. The fourth-order valence-corrected chi connectivity index (χ4v) is 1.93. The molecule has 3 rings (SSSR count). The summed E-state index contributed by atoms with van der Waals surface area (Å²) in [6.45, 7) is 0. The monoisotopic (exact) mass is 278 g/mol. The highest BCUT2D eigenvalue weighted by Gasteiger charge is 2.03. The fourth-order valence-electron chi connectivity index (χ4n) is 1.93. The molecular formula is C16H14N4O. The molecular weight excluding hydrogens is 264 g/mol. The van der Waals surface area contributed by atoms with E-state index < -0.39 is 0 Å². The first-order valence-corrected chi connectivity index (χ1v) is 6.55. The third-order valence-corrected chi connectivity index (χ3v) is 2.91. The molecule has 3 N–H and O–H groups in total. The average molecular weight is 278 g/mol. The van der Waals surface area contributed by atoms with Crippen LogP contribution in [0.15, 0.2) is 71.5 Å². The predicted molar refractivity (Wildman–Crippen MR) is 84.0 cm³/mol. The topological polar surface area (TPSA) is 69.8 Å². The Kier molecular flexibility index (Phi) is 3.64. The molecule has 21 heavy (non-hydrogen) atoms. The average Bonchev–Trinajstić information content (AvgIpc) is 2.54. The van der Waals surface area contributed by atoms with Crippen molar-refractivity contribution < 1.29 is 0 Å². The molecule has 0 saturated heterocycles. The lowest BCUT2D eigenvalue weighted by molar-refractivity contribution is 1.11. The number of nitrogens with one attached hydrogen (secondary N) is 3. The van der Waals surface area contributed by atoms with Crippen molar-refractivity contribution in [1.29, 1.82) is 0 Å². The van der Waals surface area contributed by atoms with Crippen LogP contribution in [0.2, 0.25) is 0 Å². The zero-order chi connectivity index (χ0) is 14.5. The fraction of sp³-hybridized carbons (Fsp3) is 0. The van der Waals surface area contributed by atoms with Crippen LogP contribution in [0, 0.1) is 0 Å². The first kappa shape index (κ1) is 12.9. The lowest BCUT2D eigenvalue weighted by Gasteiger charge is -2.09. The first-order valence-electron chi connectivity index (χ1n) is 6.55. The Bertz CT molecular complexity index is 769. The van der Waals surface area contributed by atoms with Crippen molar-refractivity contribution in [3.8, 4) is 11.3 Å². The molecule has 0 bridgehead atoms. The normalized spacial score (nSPS) is 10.1. The SMILES string of the molecule is O=c1cc(-c2ccccc2)nc(NNc2ccccc2)[nH]1. The molecule has 0 radical (unpaired) electrons. The van der Waals surface area contributed by atoms with E-state index in [1.54, 1.807) is 0 Å². The van der Waals surface area contributed by atoms with E-state index in [0.29, 0.717) is 11.6 Å². The molecule has 0 fully saturated rings. The van der Waals surface area contributed by atoms with Crippen LogP contribution in [-0.2, 0) is 0 Å². The molecule has 2 aromatic carbocycles. The van der Waals surface area contributed by atoms with E-state index in [2.05, 4.69) is 20.8 Å². The summed E-state index contributed by atoms with van der Waals surface area (Å²) in [6.07, 6.45) is 0. The molecule has 0 aliphatic rings. The van der Waals surface area contributed by atoms with Crippen molar-refractivity contribution in [3.05, 3.63) is 77.1 Å². The smallest absolute Gasteiger partial charge is 0.252 e. The quantitative estimate of drug-likeness (QED) is 0.642. The van der Waals surface area contributed by atoms with Crippen LogP contribution < -0.4 is 16.4 Å². The minimum absolute atomic E-state index is 0.207. The van der Waals surface area contributed by atoms with Crippen molar-refractivity contribution >= 4 is 11.6 Å². The van der Waals surface area contributed by atoms with Gasteiger partial charge in [-0.25, -0.2) is 4.98 Å². The van der Waals surface area contributed by atoms with Gasteiger partial charge in [-0.05, 0) is 12.1 Å². The summed E-state index contributed by atoms with van der Waals surface area (Å²) in [5.74, 6) is 0.366. The van der Waals surface area contributed by atoms with Gasteiger partial charge in [0.25, 0.3) is 5.56 Å². The summed E-state index contributed by atoms with van der Waals surface area (Å²) in [7, 11) is 0. The number of rotatable bonds is 4. The van der Waals surface area contributed by atoms with E-state index in [1.807, 2.05) is 60.7 Å². The van der Waals surface area contributed by atoms with Crippen LogP contribution in [-0.4, -0.2) is 9.97 Å². The van der Waals surface area contributed by atoms with E-state index in [4.69, 9.17) is 0 Å².